The zero-order valence-electron chi connectivity index (χ0n) is 11.9. The van der Waals surface area contributed by atoms with Gasteiger partial charge in [-0.1, -0.05) is 0 Å². The summed E-state index contributed by atoms with van der Waals surface area (Å²) in [6, 6.07) is -1.94. The van der Waals surface area contributed by atoms with E-state index in [1.165, 1.54) is 7.11 Å². The maximum absolute atomic E-state index is 13.0. The highest BCUT2D eigenvalue weighted by Gasteiger charge is 2.52. The lowest BCUT2D eigenvalue weighted by molar-refractivity contribution is -0.186. The van der Waals surface area contributed by atoms with Crippen LogP contribution in [0.1, 0.15) is 0 Å². The molecule has 22 heavy (non-hydrogen) atoms. The van der Waals surface area contributed by atoms with E-state index < -0.39 is 55.0 Å². The van der Waals surface area contributed by atoms with Crippen LogP contribution in [-0.2, 0) is 14.2 Å². The van der Waals surface area contributed by atoms with Crippen molar-refractivity contribution in [3.05, 3.63) is 0 Å². The lowest BCUT2D eigenvalue weighted by atomic mass is 9.93. The molecule has 0 unspecified atom stereocenters. The van der Waals surface area contributed by atoms with Crippen LogP contribution in [0.15, 0.2) is 0 Å². The standard InChI is InChI=1S/C6H11BO4.C5H8BFO4/c1-10-5-4(9)3(2-8)11-6(5)7;6-4-2(9)3(10)5(7,1-8)11-4/h3-6,8-9H,2H2,1H3;2-4,8-10H,1H2/t3-,4-,5-,6-;2-,3+,4-,5-/m11/s1. The molecule has 5 N–H and O–H groups in total. The Labute approximate surface area is 129 Å². The van der Waals surface area contributed by atoms with E-state index in [9.17, 15) is 9.50 Å². The van der Waals surface area contributed by atoms with Crippen LogP contribution in [0.3, 0.4) is 0 Å². The van der Waals surface area contributed by atoms with Gasteiger partial charge in [-0.2, -0.15) is 0 Å². The molecule has 11 heteroatoms. The summed E-state index contributed by atoms with van der Waals surface area (Å²) in [6.45, 7) is -1.27. The van der Waals surface area contributed by atoms with Crippen LogP contribution >= 0.6 is 0 Å². The molecular formula is C11H19B2FO8. The Morgan fingerprint density at radius 3 is 1.95 bits per heavy atom. The van der Waals surface area contributed by atoms with E-state index >= 15 is 0 Å². The normalized spacial score (nSPS) is 48.0. The van der Waals surface area contributed by atoms with Crippen LogP contribution < -0.4 is 0 Å². The van der Waals surface area contributed by atoms with E-state index in [1.807, 2.05) is 0 Å². The third kappa shape index (κ3) is 3.98. The second-order valence-corrected chi connectivity index (χ2v) is 4.97. The smallest absolute Gasteiger partial charge is 0.260 e. The molecule has 0 amide bonds. The number of hydrogen-bond donors (Lipinski definition) is 5. The van der Waals surface area contributed by atoms with E-state index in [0.29, 0.717) is 0 Å². The maximum Gasteiger partial charge on any atom is 0.260 e. The van der Waals surface area contributed by atoms with Crippen LogP contribution in [0.25, 0.3) is 0 Å². The lowest BCUT2D eigenvalue weighted by Crippen LogP contribution is -2.42. The van der Waals surface area contributed by atoms with Gasteiger partial charge in [0.25, 0.3) is 5.85 Å². The fourth-order valence-electron chi connectivity index (χ4n) is 2.12. The van der Waals surface area contributed by atoms with Gasteiger partial charge in [-0.15, -0.1) is 0 Å². The molecule has 2 fully saturated rings. The van der Waals surface area contributed by atoms with E-state index in [0.717, 1.165) is 0 Å². The van der Waals surface area contributed by atoms with Crippen molar-refractivity contribution in [2.75, 3.05) is 20.3 Å². The topological polar surface area (TPSA) is 129 Å². The third-order valence-corrected chi connectivity index (χ3v) is 3.47. The van der Waals surface area contributed by atoms with Gasteiger partial charge in [-0.3, -0.25) is 0 Å². The molecule has 4 radical (unpaired) electrons. The van der Waals surface area contributed by atoms with Crippen molar-refractivity contribution in [2.24, 2.45) is 0 Å². The Kier molecular flexibility index (Phi) is 7.21. The average molecular weight is 320 g/mol. The van der Waals surface area contributed by atoms with Crippen LogP contribution in [0.2, 0.25) is 0 Å². The molecule has 0 spiro atoms. The Hall–Kier alpha value is -0.260. The van der Waals surface area contributed by atoms with Crippen molar-refractivity contribution in [3.63, 3.8) is 0 Å². The minimum Gasteiger partial charge on any atom is -0.394 e. The van der Waals surface area contributed by atoms with Gasteiger partial charge in [-0.25, -0.2) is 4.39 Å². The molecular weight excluding hydrogens is 301 g/mol. The molecule has 0 aromatic rings. The highest BCUT2D eigenvalue weighted by molar-refractivity contribution is 6.12. The van der Waals surface area contributed by atoms with Crippen LogP contribution in [0.5, 0.6) is 0 Å². The minimum atomic E-state index is -2.63. The SMILES string of the molecule is [B][C@@H]1O[C@H](CO)[C@@H](O)[C@H]1OC.[B][C@@H]1O[C@](F)(CO)[C@@H](O)[C@H]1O. The molecule has 2 aliphatic rings. The van der Waals surface area contributed by atoms with Crippen LogP contribution in [0.4, 0.5) is 4.39 Å². The number of alkyl halides is 1. The molecule has 0 aliphatic carbocycles. The molecule has 8 atom stereocenters. The van der Waals surface area contributed by atoms with Gasteiger partial charge >= 0.3 is 0 Å². The fourth-order valence-corrected chi connectivity index (χ4v) is 2.12. The highest BCUT2D eigenvalue weighted by atomic mass is 19.2. The van der Waals surface area contributed by atoms with Crippen molar-refractivity contribution >= 4 is 15.7 Å². The first-order chi connectivity index (χ1) is 10.2. The first kappa shape index (κ1) is 19.8. The first-order valence-electron chi connectivity index (χ1n) is 6.54. The largest absolute Gasteiger partial charge is 0.394 e. The van der Waals surface area contributed by atoms with E-state index in [4.69, 9.17) is 45.6 Å². The summed E-state index contributed by atoms with van der Waals surface area (Å²) in [5.41, 5.74) is 0. The van der Waals surface area contributed by atoms with Gasteiger partial charge < -0.3 is 39.7 Å². The van der Waals surface area contributed by atoms with Gasteiger partial charge in [0.15, 0.2) is 0 Å². The molecule has 0 saturated carbocycles. The van der Waals surface area contributed by atoms with Gasteiger partial charge in [0.1, 0.15) is 52.8 Å². The Morgan fingerprint density at radius 1 is 1.14 bits per heavy atom. The second-order valence-electron chi connectivity index (χ2n) is 4.97. The Balaban J connectivity index is 0.000000220. The number of rotatable bonds is 3. The summed E-state index contributed by atoms with van der Waals surface area (Å²) >= 11 is 0. The molecule has 0 aromatic heterocycles. The number of methoxy groups -OCH3 is 1. The number of aliphatic hydroxyl groups is 5. The Bertz CT molecular complexity index is 354. The summed E-state index contributed by atoms with van der Waals surface area (Å²) < 4.78 is 27.1. The van der Waals surface area contributed by atoms with Gasteiger partial charge in [-0.05, 0) is 0 Å². The summed E-state index contributed by atoms with van der Waals surface area (Å²) in [5.74, 6) is -2.63. The predicted octanol–water partition coefficient (Wildman–Crippen LogP) is -3.86. The quantitative estimate of drug-likeness (QED) is 0.334. The number of aliphatic hydroxyl groups excluding tert-OH is 5. The second kappa shape index (κ2) is 8.02. The number of halogens is 1. The molecule has 2 saturated heterocycles. The molecule has 2 rings (SSSR count). The predicted molar refractivity (Wildman–Crippen MR) is 71.9 cm³/mol. The molecule has 0 aromatic carbocycles. The minimum absolute atomic E-state index is 0.241. The maximum atomic E-state index is 13.0. The highest BCUT2D eigenvalue weighted by Crippen LogP contribution is 2.30. The van der Waals surface area contributed by atoms with Crippen molar-refractivity contribution in [1.29, 1.82) is 0 Å². The van der Waals surface area contributed by atoms with Gasteiger partial charge in [0.2, 0.25) is 0 Å². The third-order valence-electron chi connectivity index (χ3n) is 3.47. The molecule has 0 bridgehead atoms. The zero-order chi connectivity index (χ0) is 17.1. The molecule has 2 heterocycles. The van der Waals surface area contributed by atoms with Crippen molar-refractivity contribution < 1.29 is 44.1 Å². The summed E-state index contributed by atoms with van der Waals surface area (Å²) in [6.07, 6.45) is -5.27. The van der Waals surface area contributed by atoms with Crippen LogP contribution in [0, 0.1) is 0 Å². The van der Waals surface area contributed by atoms with Crippen molar-refractivity contribution in [1.82, 2.24) is 0 Å². The fraction of sp³-hybridized carbons (Fsp3) is 1.00. The number of ether oxygens (including phenoxy) is 3. The monoisotopic (exact) mass is 320 g/mol. The van der Waals surface area contributed by atoms with E-state index in [1.54, 1.807) is 0 Å². The lowest BCUT2D eigenvalue weighted by Gasteiger charge is -2.19. The van der Waals surface area contributed by atoms with E-state index in [2.05, 4.69) is 4.74 Å². The van der Waals surface area contributed by atoms with Crippen molar-refractivity contribution in [2.45, 2.75) is 48.4 Å². The number of hydrogen-bond acceptors (Lipinski definition) is 8. The molecule has 8 nitrogen and oxygen atoms in total. The zero-order valence-corrected chi connectivity index (χ0v) is 11.9. The molecule has 2 aliphatic heterocycles. The molecule has 124 valence electrons. The van der Waals surface area contributed by atoms with E-state index in [-0.39, 0.29) is 6.61 Å². The van der Waals surface area contributed by atoms with Crippen molar-refractivity contribution in [3.8, 4) is 0 Å². The first-order valence-corrected chi connectivity index (χ1v) is 6.54. The summed E-state index contributed by atoms with van der Waals surface area (Å²) in [4.78, 5) is 0. The average Bonchev–Trinajstić information content (AvgIpc) is 2.88. The van der Waals surface area contributed by atoms with Crippen LogP contribution in [-0.4, -0.2) is 110 Å². The Morgan fingerprint density at radius 2 is 1.73 bits per heavy atom. The van der Waals surface area contributed by atoms with Gasteiger partial charge in [0.05, 0.1) is 6.61 Å². The summed E-state index contributed by atoms with van der Waals surface area (Å²) in [7, 11) is 11.9. The summed E-state index contributed by atoms with van der Waals surface area (Å²) in [5, 5.41) is 44.2. The van der Waals surface area contributed by atoms with Gasteiger partial charge in [0, 0.05) is 19.1 Å².